The van der Waals surface area contributed by atoms with Gasteiger partial charge < -0.3 is 14.8 Å². The first kappa shape index (κ1) is 18.4. The molecule has 6 heteroatoms. The zero-order chi connectivity index (χ0) is 17.5. The Balaban J connectivity index is 1.96. The van der Waals surface area contributed by atoms with Crippen LogP contribution in [0.4, 0.5) is 5.69 Å². The molecule has 2 aromatic carbocycles. The van der Waals surface area contributed by atoms with Crippen molar-refractivity contribution in [3.63, 3.8) is 0 Å². The van der Waals surface area contributed by atoms with Crippen molar-refractivity contribution in [2.75, 3.05) is 19.0 Å². The van der Waals surface area contributed by atoms with Crippen LogP contribution in [0.25, 0.3) is 0 Å². The molecular weight excluding hydrogens is 349 g/mol. The van der Waals surface area contributed by atoms with E-state index in [0.717, 1.165) is 5.56 Å². The molecule has 0 heterocycles. The van der Waals surface area contributed by atoms with E-state index in [-0.39, 0.29) is 5.91 Å². The molecule has 0 bridgehead atoms. The van der Waals surface area contributed by atoms with E-state index >= 15 is 0 Å². The minimum atomic E-state index is -0.110. The van der Waals surface area contributed by atoms with E-state index in [1.54, 1.807) is 25.3 Å². The molecule has 24 heavy (non-hydrogen) atoms. The molecule has 0 saturated carbocycles. The van der Waals surface area contributed by atoms with Crippen LogP contribution in [0, 0.1) is 0 Å². The first-order valence-corrected chi connectivity index (χ1v) is 8.33. The summed E-state index contributed by atoms with van der Waals surface area (Å²) < 4.78 is 10.8. The van der Waals surface area contributed by atoms with Gasteiger partial charge in [-0.3, -0.25) is 4.79 Å². The predicted molar refractivity (Wildman–Crippen MR) is 97.6 cm³/mol. The highest BCUT2D eigenvalue weighted by molar-refractivity contribution is 6.35. The molecule has 128 valence electrons. The number of hydrogen-bond acceptors (Lipinski definition) is 3. The minimum absolute atomic E-state index is 0.110. The largest absolute Gasteiger partial charge is 0.493 e. The van der Waals surface area contributed by atoms with Gasteiger partial charge in [-0.05, 0) is 49.2 Å². The molecule has 0 fully saturated rings. The summed E-state index contributed by atoms with van der Waals surface area (Å²) in [5.74, 6) is 1.25. The Bertz CT molecular complexity index is 699. The van der Waals surface area contributed by atoms with Gasteiger partial charge in [0.2, 0.25) is 5.91 Å². The summed E-state index contributed by atoms with van der Waals surface area (Å²) >= 11 is 11.8. The number of benzene rings is 2. The van der Waals surface area contributed by atoms with Crippen LogP contribution in [0.15, 0.2) is 36.4 Å². The number of carbonyl (C=O) groups is 1. The SMILES string of the molecule is CCOc1ccc(CCC(=O)Nc2cc(Cl)cc(Cl)c2)cc1OC. The molecular formula is C18H19Cl2NO3. The Hall–Kier alpha value is -1.91. The average Bonchev–Trinajstić information content (AvgIpc) is 2.53. The lowest BCUT2D eigenvalue weighted by Crippen LogP contribution is -2.12. The van der Waals surface area contributed by atoms with Crippen molar-refractivity contribution in [2.45, 2.75) is 19.8 Å². The standard InChI is InChI=1S/C18H19Cl2NO3/c1-3-24-16-6-4-12(8-17(16)23-2)5-7-18(22)21-15-10-13(19)9-14(20)11-15/h4,6,8-11H,3,5,7H2,1-2H3,(H,21,22). The van der Waals surface area contributed by atoms with Crippen molar-refractivity contribution in [1.82, 2.24) is 0 Å². The summed E-state index contributed by atoms with van der Waals surface area (Å²) in [5.41, 5.74) is 1.58. The Labute approximate surface area is 151 Å². The number of nitrogens with one attached hydrogen (secondary N) is 1. The first-order valence-electron chi connectivity index (χ1n) is 7.57. The van der Waals surface area contributed by atoms with Gasteiger partial charge in [-0.2, -0.15) is 0 Å². The fraction of sp³-hybridized carbons (Fsp3) is 0.278. The summed E-state index contributed by atoms with van der Waals surface area (Å²) in [4.78, 5) is 12.1. The quantitative estimate of drug-likeness (QED) is 0.751. The van der Waals surface area contributed by atoms with Crippen LogP contribution < -0.4 is 14.8 Å². The number of aryl methyl sites for hydroxylation is 1. The van der Waals surface area contributed by atoms with Crippen LogP contribution in [0.3, 0.4) is 0 Å². The summed E-state index contributed by atoms with van der Waals surface area (Å²) in [7, 11) is 1.59. The van der Waals surface area contributed by atoms with E-state index < -0.39 is 0 Å². The Morgan fingerprint density at radius 3 is 2.42 bits per heavy atom. The van der Waals surface area contributed by atoms with Crippen LogP contribution in [0.2, 0.25) is 10.0 Å². The Morgan fingerprint density at radius 1 is 1.08 bits per heavy atom. The molecule has 0 radical (unpaired) electrons. The van der Waals surface area contributed by atoms with E-state index in [2.05, 4.69) is 5.32 Å². The number of halogens is 2. The maximum Gasteiger partial charge on any atom is 0.224 e. The third kappa shape index (κ3) is 5.32. The van der Waals surface area contributed by atoms with Crippen LogP contribution in [-0.2, 0) is 11.2 Å². The van der Waals surface area contributed by atoms with Gasteiger partial charge in [-0.25, -0.2) is 0 Å². The molecule has 0 aliphatic heterocycles. The van der Waals surface area contributed by atoms with E-state index in [1.165, 1.54) is 0 Å². The molecule has 0 aliphatic rings. The maximum absolute atomic E-state index is 12.1. The highest BCUT2D eigenvalue weighted by atomic mass is 35.5. The van der Waals surface area contributed by atoms with Gasteiger partial charge in [0.05, 0.1) is 13.7 Å². The number of amides is 1. The number of hydrogen-bond donors (Lipinski definition) is 1. The number of ether oxygens (including phenoxy) is 2. The highest BCUT2D eigenvalue weighted by Gasteiger charge is 2.08. The molecule has 4 nitrogen and oxygen atoms in total. The van der Waals surface area contributed by atoms with Crippen molar-refractivity contribution in [1.29, 1.82) is 0 Å². The maximum atomic E-state index is 12.1. The van der Waals surface area contributed by atoms with Crippen molar-refractivity contribution < 1.29 is 14.3 Å². The van der Waals surface area contributed by atoms with Crippen molar-refractivity contribution in [3.05, 3.63) is 52.0 Å². The van der Waals surface area contributed by atoms with Gasteiger partial charge in [-0.15, -0.1) is 0 Å². The molecule has 1 N–H and O–H groups in total. The highest BCUT2D eigenvalue weighted by Crippen LogP contribution is 2.28. The van der Waals surface area contributed by atoms with E-state index in [4.69, 9.17) is 32.7 Å². The molecule has 2 rings (SSSR count). The summed E-state index contributed by atoms with van der Waals surface area (Å²) in [6.45, 7) is 2.49. The average molecular weight is 368 g/mol. The lowest BCUT2D eigenvalue weighted by atomic mass is 10.1. The fourth-order valence-corrected chi connectivity index (χ4v) is 2.78. The second kappa shape index (κ2) is 8.81. The molecule has 0 spiro atoms. The van der Waals surface area contributed by atoms with Crippen LogP contribution in [0.1, 0.15) is 18.9 Å². The third-order valence-corrected chi connectivity index (χ3v) is 3.75. The zero-order valence-electron chi connectivity index (χ0n) is 13.6. The minimum Gasteiger partial charge on any atom is -0.493 e. The van der Waals surface area contributed by atoms with Crippen molar-refractivity contribution >= 4 is 34.8 Å². The van der Waals surface area contributed by atoms with Crippen molar-refractivity contribution in [3.8, 4) is 11.5 Å². The Kier molecular flexibility index (Phi) is 6.76. The summed E-state index contributed by atoms with van der Waals surface area (Å²) in [6, 6.07) is 10.6. The zero-order valence-corrected chi connectivity index (χ0v) is 15.1. The van der Waals surface area contributed by atoms with E-state index in [0.29, 0.717) is 46.7 Å². The monoisotopic (exact) mass is 367 g/mol. The smallest absolute Gasteiger partial charge is 0.224 e. The molecule has 2 aromatic rings. The number of methoxy groups -OCH3 is 1. The van der Waals surface area contributed by atoms with Gasteiger partial charge in [-0.1, -0.05) is 29.3 Å². The first-order chi connectivity index (χ1) is 11.5. The molecule has 0 atom stereocenters. The second-order valence-corrected chi connectivity index (χ2v) is 6.00. The van der Waals surface area contributed by atoms with Gasteiger partial charge in [0.1, 0.15) is 0 Å². The fourth-order valence-electron chi connectivity index (χ4n) is 2.25. The number of rotatable bonds is 7. The van der Waals surface area contributed by atoms with Crippen LogP contribution >= 0.6 is 23.2 Å². The lowest BCUT2D eigenvalue weighted by molar-refractivity contribution is -0.116. The molecule has 0 unspecified atom stereocenters. The number of anilines is 1. The third-order valence-electron chi connectivity index (χ3n) is 3.31. The molecule has 0 saturated heterocycles. The van der Waals surface area contributed by atoms with E-state index in [9.17, 15) is 4.79 Å². The summed E-state index contributed by atoms with van der Waals surface area (Å²) in [6.07, 6.45) is 0.921. The molecule has 0 aromatic heterocycles. The van der Waals surface area contributed by atoms with Crippen molar-refractivity contribution in [2.24, 2.45) is 0 Å². The van der Waals surface area contributed by atoms with Gasteiger partial charge in [0.25, 0.3) is 0 Å². The molecule has 0 aliphatic carbocycles. The lowest BCUT2D eigenvalue weighted by Gasteiger charge is -2.11. The van der Waals surface area contributed by atoms with E-state index in [1.807, 2.05) is 25.1 Å². The van der Waals surface area contributed by atoms with Gasteiger partial charge >= 0.3 is 0 Å². The number of carbonyl (C=O) groups excluding carboxylic acids is 1. The van der Waals surface area contributed by atoms with Crippen LogP contribution in [0.5, 0.6) is 11.5 Å². The predicted octanol–water partition coefficient (Wildman–Crippen LogP) is 4.97. The Morgan fingerprint density at radius 2 is 1.79 bits per heavy atom. The molecule has 1 amide bonds. The van der Waals surface area contributed by atoms with Gasteiger partial charge in [0, 0.05) is 22.2 Å². The second-order valence-electron chi connectivity index (χ2n) is 5.12. The topological polar surface area (TPSA) is 47.6 Å². The summed E-state index contributed by atoms with van der Waals surface area (Å²) in [5, 5.41) is 3.75. The van der Waals surface area contributed by atoms with Crippen LogP contribution in [-0.4, -0.2) is 19.6 Å². The normalized spacial score (nSPS) is 10.3. The van der Waals surface area contributed by atoms with Gasteiger partial charge in [0.15, 0.2) is 11.5 Å².